The molecule has 2 N–H and O–H groups in total. The Balaban J connectivity index is 1.64. The Labute approximate surface area is 128 Å². The van der Waals surface area contributed by atoms with Gasteiger partial charge in [0, 0.05) is 52.1 Å². The molecule has 5 heteroatoms. The molecule has 3 heterocycles. The second-order valence-corrected chi connectivity index (χ2v) is 6.80. The summed E-state index contributed by atoms with van der Waals surface area (Å²) in [5, 5.41) is 0. The van der Waals surface area contributed by atoms with Crippen LogP contribution in [0.25, 0.3) is 0 Å². The van der Waals surface area contributed by atoms with Gasteiger partial charge in [-0.15, -0.1) is 0 Å². The highest BCUT2D eigenvalue weighted by Crippen LogP contribution is 2.37. The van der Waals surface area contributed by atoms with Gasteiger partial charge in [0.25, 0.3) is 0 Å². The minimum absolute atomic E-state index is 0.0679. The Hall–Kier alpha value is -0.200. The lowest BCUT2D eigenvalue weighted by atomic mass is 9.82. The van der Waals surface area contributed by atoms with Gasteiger partial charge in [0.05, 0.1) is 11.7 Å². The fraction of sp³-hybridized carbons (Fsp3) is 1.00. The summed E-state index contributed by atoms with van der Waals surface area (Å²) in [7, 11) is 1.82. The van der Waals surface area contributed by atoms with Crippen molar-refractivity contribution in [2.45, 2.75) is 62.3 Å². The van der Waals surface area contributed by atoms with E-state index >= 15 is 0 Å². The molecule has 3 unspecified atom stereocenters. The van der Waals surface area contributed by atoms with E-state index in [1.807, 2.05) is 7.11 Å². The molecule has 3 atom stereocenters. The van der Waals surface area contributed by atoms with Crippen LogP contribution in [0.5, 0.6) is 0 Å². The molecule has 122 valence electrons. The molecule has 3 rings (SSSR count). The topological polar surface area (TPSA) is 57.0 Å². The number of ether oxygens (including phenoxy) is 3. The van der Waals surface area contributed by atoms with E-state index in [1.54, 1.807) is 0 Å². The van der Waals surface area contributed by atoms with Crippen molar-refractivity contribution in [3.8, 4) is 0 Å². The molecule has 3 saturated heterocycles. The Kier molecular flexibility index (Phi) is 5.17. The van der Waals surface area contributed by atoms with E-state index in [-0.39, 0.29) is 5.60 Å². The Morgan fingerprint density at radius 2 is 2.05 bits per heavy atom. The lowest BCUT2D eigenvalue weighted by Gasteiger charge is -2.50. The molecule has 0 aromatic rings. The summed E-state index contributed by atoms with van der Waals surface area (Å²) in [4.78, 5) is 2.65. The first-order chi connectivity index (χ1) is 10.3. The van der Waals surface area contributed by atoms with Gasteiger partial charge in [-0.25, -0.2) is 0 Å². The maximum atomic E-state index is 6.18. The zero-order valence-corrected chi connectivity index (χ0v) is 13.3. The van der Waals surface area contributed by atoms with Crippen LogP contribution in [-0.4, -0.2) is 68.7 Å². The van der Waals surface area contributed by atoms with Crippen LogP contribution in [0.4, 0.5) is 0 Å². The molecule has 0 bridgehead atoms. The third-order valence-electron chi connectivity index (χ3n) is 5.66. The zero-order chi connectivity index (χ0) is 14.7. The fourth-order valence-electron chi connectivity index (χ4n) is 4.34. The first kappa shape index (κ1) is 15.7. The Morgan fingerprint density at radius 3 is 2.76 bits per heavy atom. The van der Waals surface area contributed by atoms with Crippen molar-refractivity contribution in [1.29, 1.82) is 0 Å². The van der Waals surface area contributed by atoms with Crippen LogP contribution in [0, 0.1) is 0 Å². The van der Waals surface area contributed by atoms with Crippen LogP contribution in [-0.2, 0) is 14.2 Å². The smallest absolute Gasteiger partial charge is 0.0741 e. The minimum Gasteiger partial charge on any atom is -0.381 e. The van der Waals surface area contributed by atoms with Gasteiger partial charge in [-0.05, 0) is 38.5 Å². The van der Waals surface area contributed by atoms with E-state index in [0.717, 1.165) is 71.4 Å². The Bertz CT molecular complexity index is 328. The lowest BCUT2D eigenvalue weighted by molar-refractivity contribution is -0.158. The van der Waals surface area contributed by atoms with Crippen molar-refractivity contribution < 1.29 is 14.2 Å². The molecular formula is C16H30N2O3. The molecule has 0 radical (unpaired) electrons. The summed E-state index contributed by atoms with van der Waals surface area (Å²) < 4.78 is 17.2. The van der Waals surface area contributed by atoms with Crippen molar-refractivity contribution in [1.82, 2.24) is 4.90 Å². The molecule has 0 aliphatic carbocycles. The zero-order valence-electron chi connectivity index (χ0n) is 13.3. The van der Waals surface area contributed by atoms with E-state index in [0.29, 0.717) is 18.2 Å². The third-order valence-corrected chi connectivity index (χ3v) is 5.66. The highest BCUT2D eigenvalue weighted by molar-refractivity contribution is 4.96. The second kappa shape index (κ2) is 6.92. The van der Waals surface area contributed by atoms with Gasteiger partial charge < -0.3 is 19.9 Å². The molecular weight excluding hydrogens is 268 g/mol. The average Bonchev–Trinajstić information content (AvgIpc) is 2.55. The highest BCUT2D eigenvalue weighted by atomic mass is 16.5. The van der Waals surface area contributed by atoms with Gasteiger partial charge in [-0.3, -0.25) is 4.90 Å². The number of methoxy groups -OCH3 is 1. The summed E-state index contributed by atoms with van der Waals surface area (Å²) in [5.74, 6) is 0. The first-order valence-corrected chi connectivity index (χ1v) is 8.47. The van der Waals surface area contributed by atoms with E-state index in [9.17, 15) is 0 Å². The number of nitrogens with zero attached hydrogens (tertiary/aromatic N) is 1. The van der Waals surface area contributed by atoms with Crippen LogP contribution in [0.2, 0.25) is 0 Å². The van der Waals surface area contributed by atoms with Crippen LogP contribution < -0.4 is 5.73 Å². The van der Waals surface area contributed by atoms with E-state index in [2.05, 4.69) is 4.90 Å². The van der Waals surface area contributed by atoms with Crippen LogP contribution in [0.1, 0.15) is 38.5 Å². The minimum atomic E-state index is 0.0679. The summed E-state index contributed by atoms with van der Waals surface area (Å²) in [5.41, 5.74) is 6.11. The van der Waals surface area contributed by atoms with Crippen molar-refractivity contribution in [2.24, 2.45) is 5.73 Å². The monoisotopic (exact) mass is 298 g/mol. The Morgan fingerprint density at radius 1 is 1.24 bits per heavy atom. The molecule has 21 heavy (non-hydrogen) atoms. The first-order valence-electron chi connectivity index (χ1n) is 8.47. The van der Waals surface area contributed by atoms with Crippen molar-refractivity contribution in [2.75, 3.05) is 40.0 Å². The molecule has 0 aromatic carbocycles. The van der Waals surface area contributed by atoms with E-state index < -0.39 is 0 Å². The quantitative estimate of drug-likeness (QED) is 0.847. The molecule has 5 nitrogen and oxygen atoms in total. The standard InChI is InChI=1S/C16H30N2O3/c1-19-15-2-6-18(14(10-15)12-17)13-3-7-21-16(11-13)4-8-20-9-5-16/h13-15H,2-12,17H2,1H3. The van der Waals surface area contributed by atoms with Crippen LogP contribution in [0.15, 0.2) is 0 Å². The molecule has 0 saturated carbocycles. The van der Waals surface area contributed by atoms with Gasteiger partial charge in [0.1, 0.15) is 0 Å². The second-order valence-electron chi connectivity index (χ2n) is 6.80. The summed E-state index contributed by atoms with van der Waals surface area (Å²) in [6, 6.07) is 1.08. The summed E-state index contributed by atoms with van der Waals surface area (Å²) >= 11 is 0. The number of rotatable bonds is 3. The van der Waals surface area contributed by atoms with Gasteiger partial charge in [0.2, 0.25) is 0 Å². The molecule has 0 aromatic heterocycles. The number of hydrogen-bond donors (Lipinski definition) is 1. The van der Waals surface area contributed by atoms with E-state index in [1.165, 1.54) is 0 Å². The van der Waals surface area contributed by atoms with Crippen molar-refractivity contribution >= 4 is 0 Å². The molecule has 1 spiro atoms. The molecule has 3 aliphatic rings. The molecule has 3 fully saturated rings. The van der Waals surface area contributed by atoms with Gasteiger partial charge in [0.15, 0.2) is 0 Å². The van der Waals surface area contributed by atoms with E-state index in [4.69, 9.17) is 19.9 Å². The maximum absolute atomic E-state index is 6.18. The fourth-order valence-corrected chi connectivity index (χ4v) is 4.34. The predicted molar refractivity (Wildman–Crippen MR) is 81.3 cm³/mol. The number of hydrogen-bond acceptors (Lipinski definition) is 5. The third kappa shape index (κ3) is 3.42. The normalized spacial score (nSPS) is 37.7. The summed E-state index contributed by atoms with van der Waals surface area (Å²) in [6.07, 6.45) is 6.95. The highest BCUT2D eigenvalue weighted by Gasteiger charge is 2.42. The number of piperidine rings is 1. The van der Waals surface area contributed by atoms with Crippen molar-refractivity contribution in [3.63, 3.8) is 0 Å². The van der Waals surface area contributed by atoms with Gasteiger partial charge in [-0.1, -0.05) is 0 Å². The number of likely N-dealkylation sites (tertiary alicyclic amines) is 1. The molecule has 0 amide bonds. The summed E-state index contributed by atoms with van der Waals surface area (Å²) in [6.45, 7) is 4.41. The average molecular weight is 298 g/mol. The maximum Gasteiger partial charge on any atom is 0.0741 e. The molecule has 3 aliphatic heterocycles. The number of nitrogens with two attached hydrogens (primary N) is 1. The van der Waals surface area contributed by atoms with Crippen LogP contribution >= 0.6 is 0 Å². The largest absolute Gasteiger partial charge is 0.381 e. The van der Waals surface area contributed by atoms with Crippen molar-refractivity contribution in [3.05, 3.63) is 0 Å². The SMILES string of the molecule is COC1CCN(C2CCOC3(CCOCC3)C2)C(CN)C1. The van der Waals surface area contributed by atoms with Gasteiger partial charge >= 0.3 is 0 Å². The lowest BCUT2D eigenvalue weighted by Crippen LogP contribution is -2.57. The van der Waals surface area contributed by atoms with Crippen LogP contribution in [0.3, 0.4) is 0 Å². The van der Waals surface area contributed by atoms with Gasteiger partial charge in [-0.2, -0.15) is 0 Å². The predicted octanol–water partition coefficient (Wildman–Crippen LogP) is 1.15.